The molecule has 5 rings (SSSR count). The molecular weight excluding hydrogens is 734 g/mol. The Morgan fingerprint density at radius 3 is 2.31 bits per heavy atom. The Bertz CT molecular complexity index is 1740. The average molecular weight is 778 g/mol. The molecule has 5 N–H and O–H groups in total. The lowest BCUT2D eigenvalue weighted by atomic mass is 9.71. The predicted octanol–water partition coefficient (Wildman–Crippen LogP) is -0.161. The lowest BCUT2D eigenvalue weighted by Crippen LogP contribution is -2.63. The first kappa shape index (κ1) is 41.6. The van der Waals surface area contributed by atoms with Gasteiger partial charge in [-0.1, -0.05) is 19.1 Å². The summed E-state index contributed by atoms with van der Waals surface area (Å²) in [5.41, 5.74) is -0.615. The van der Waals surface area contributed by atoms with Gasteiger partial charge in [-0.3, -0.25) is 19.2 Å². The number of Topliss-reactive ketones (excluding diaryl/α,β-unsaturated/α-hetero) is 2. The van der Waals surface area contributed by atoms with Crippen LogP contribution < -0.4 is 10.2 Å². The number of aliphatic carboxylic acids is 1. The van der Waals surface area contributed by atoms with Crippen molar-refractivity contribution >= 4 is 35.4 Å². The van der Waals surface area contributed by atoms with E-state index in [0.717, 1.165) is 19.1 Å². The summed E-state index contributed by atoms with van der Waals surface area (Å²) < 4.78 is 33.1. The van der Waals surface area contributed by atoms with E-state index in [2.05, 4.69) is 5.32 Å². The molecule has 1 aromatic rings. The van der Waals surface area contributed by atoms with Crippen LogP contribution in [-0.4, -0.2) is 132 Å². The number of ketones is 2. The molecule has 0 saturated carbocycles. The molecule has 0 bridgehead atoms. The van der Waals surface area contributed by atoms with Crippen LogP contribution in [0.3, 0.4) is 0 Å². The van der Waals surface area contributed by atoms with E-state index in [-0.39, 0.29) is 34.8 Å². The maximum Gasteiger partial charge on any atom is 0.338 e. The molecule has 1 amide bonds. The van der Waals surface area contributed by atoms with Gasteiger partial charge in [-0.15, -0.1) is 0 Å². The number of rotatable bonds is 13. The van der Waals surface area contributed by atoms with Crippen molar-refractivity contribution in [3.05, 3.63) is 52.8 Å². The van der Waals surface area contributed by atoms with E-state index >= 15 is 0 Å². The summed E-state index contributed by atoms with van der Waals surface area (Å²) in [5.74, 6) is -9.49. The second kappa shape index (κ2) is 17.5. The summed E-state index contributed by atoms with van der Waals surface area (Å²) in [4.78, 5) is 87.2. The van der Waals surface area contributed by atoms with Crippen LogP contribution >= 0.6 is 0 Å². The number of amides is 1. The number of hydrogen-bond donors (Lipinski definition) is 5. The van der Waals surface area contributed by atoms with Gasteiger partial charge in [-0.25, -0.2) is 9.59 Å². The van der Waals surface area contributed by atoms with Crippen molar-refractivity contribution in [3.63, 3.8) is 0 Å². The number of ether oxygens (including phenoxy) is 6. The fourth-order valence-corrected chi connectivity index (χ4v) is 7.01. The van der Waals surface area contributed by atoms with Gasteiger partial charge in [0.25, 0.3) is 0 Å². The van der Waals surface area contributed by atoms with Crippen molar-refractivity contribution in [2.75, 3.05) is 26.9 Å². The third kappa shape index (κ3) is 8.63. The minimum absolute atomic E-state index is 0.0204. The molecule has 19 nitrogen and oxygen atoms in total. The van der Waals surface area contributed by atoms with Crippen LogP contribution in [-0.2, 0) is 47.7 Å². The van der Waals surface area contributed by atoms with Gasteiger partial charge < -0.3 is 59.1 Å². The molecule has 4 aliphatic rings. The Hall–Kier alpha value is -4.60. The number of allylic oxidation sites excluding steroid dienone is 4. The standard InChI is InChI=1S/C36H43NO18/c1-6-51-55-22-11-17(10-19-25(22)30(43)24-18(28(19)41)8-7-9-21(24)52-16(4)39)34(47)49-13-23-29(42)20(26(37-15(3)38)35(48-5)53-23)12-50-36-31(44)27(40)14(2)32(54-36)33(45)46/h7-11,14,18,20,23-24,26-27,29,31-32,35-36,40,42,44H,6,12-13H2,1-5H3,(H,37,38)(H,45,46). The molecule has 2 fully saturated rings. The fraction of sp³-hybridized carbons (Fsp3) is 0.556. The fourth-order valence-electron chi connectivity index (χ4n) is 7.01. The van der Waals surface area contributed by atoms with Crippen molar-refractivity contribution in [2.45, 2.75) is 76.8 Å². The summed E-state index contributed by atoms with van der Waals surface area (Å²) in [6.07, 6.45) is -6.16. The van der Waals surface area contributed by atoms with E-state index in [1.54, 1.807) is 6.92 Å². The number of carbonyl (C=O) groups excluding carboxylic acids is 5. The van der Waals surface area contributed by atoms with E-state index in [1.165, 1.54) is 39.2 Å². The van der Waals surface area contributed by atoms with Gasteiger partial charge in [-0.05, 0) is 25.1 Å². The molecule has 0 spiro atoms. The number of hydrogen-bond acceptors (Lipinski definition) is 17. The van der Waals surface area contributed by atoms with E-state index in [4.69, 9.17) is 38.2 Å². The zero-order chi connectivity index (χ0) is 40.3. The molecule has 19 heteroatoms. The van der Waals surface area contributed by atoms with Crippen LogP contribution in [0.4, 0.5) is 0 Å². The molecule has 2 heterocycles. The molecule has 0 aromatic heterocycles. The van der Waals surface area contributed by atoms with E-state index in [0.29, 0.717) is 0 Å². The molecule has 12 unspecified atom stereocenters. The van der Waals surface area contributed by atoms with Crippen LogP contribution in [0.15, 0.2) is 36.1 Å². The van der Waals surface area contributed by atoms with E-state index in [9.17, 15) is 49.2 Å². The lowest BCUT2D eigenvalue weighted by molar-refractivity contribution is -0.298. The monoisotopic (exact) mass is 777 g/mol. The largest absolute Gasteiger partial charge is 0.479 e. The lowest BCUT2D eigenvalue weighted by Gasteiger charge is -2.45. The number of benzene rings is 1. The molecule has 2 aliphatic heterocycles. The number of aliphatic hydroxyl groups is 3. The maximum atomic E-state index is 13.8. The van der Waals surface area contributed by atoms with Gasteiger partial charge in [0.1, 0.15) is 24.6 Å². The first-order valence-electron chi connectivity index (χ1n) is 17.4. The van der Waals surface area contributed by atoms with Gasteiger partial charge in [0.05, 0.1) is 54.4 Å². The van der Waals surface area contributed by atoms with Gasteiger partial charge in [0.2, 0.25) is 5.91 Å². The summed E-state index contributed by atoms with van der Waals surface area (Å²) in [5, 5.41) is 44.6. The molecular formula is C36H43NO18. The number of carbonyl (C=O) groups is 6. The second-order valence-corrected chi connectivity index (χ2v) is 13.4. The topological polar surface area (TPSA) is 269 Å². The number of aliphatic hydroxyl groups excluding tert-OH is 3. The Morgan fingerprint density at radius 2 is 1.67 bits per heavy atom. The Balaban J connectivity index is 1.37. The smallest absolute Gasteiger partial charge is 0.338 e. The summed E-state index contributed by atoms with van der Waals surface area (Å²) in [6.45, 7) is 4.23. The highest BCUT2D eigenvalue weighted by Crippen LogP contribution is 2.42. The first-order chi connectivity index (χ1) is 26.1. The van der Waals surface area contributed by atoms with Crippen molar-refractivity contribution < 1.29 is 87.4 Å². The molecule has 2 saturated heterocycles. The number of methoxy groups -OCH3 is 1. The second-order valence-electron chi connectivity index (χ2n) is 13.4. The van der Waals surface area contributed by atoms with E-state index in [1.807, 2.05) is 0 Å². The zero-order valence-electron chi connectivity index (χ0n) is 30.4. The molecule has 12 atom stereocenters. The number of carboxylic acids is 1. The number of nitrogens with one attached hydrogen (secondary N) is 1. The van der Waals surface area contributed by atoms with Crippen molar-refractivity contribution in [1.29, 1.82) is 0 Å². The van der Waals surface area contributed by atoms with Crippen molar-refractivity contribution in [2.24, 2.45) is 23.7 Å². The molecule has 1 aromatic carbocycles. The maximum absolute atomic E-state index is 13.8. The molecule has 0 radical (unpaired) electrons. The minimum Gasteiger partial charge on any atom is -0.479 e. The summed E-state index contributed by atoms with van der Waals surface area (Å²) in [6, 6.07) is 1.20. The molecule has 300 valence electrons. The van der Waals surface area contributed by atoms with Crippen LogP contribution in [0.25, 0.3) is 0 Å². The minimum atomic E-state index is -1.67. The Kier molecular flexibility index (Phi) is 13.2. The highest BCUT2D eigenvalue weighted by molar-refractivity contribution is 6.19. The number of fused-ring (bicyclic) bond motifs is 2. The van der Waals surface area contributed by atoms with Gasteiger partial charge >= 0.3 is 17.9 Å². The predicted molar refractivity (Wildman–Crippen MR) is 180 cm³/mol. The van der Waals surface area contributed by atoms with Crippen molar-refractivity contribution in [1.82, 2.24) is 5.32 Å². The summed E-state index contributed by atoms with van der Waals surface area (Å²) in [7, 11) is 1.25. The van der Waals surface area contributed by atoms with Crippen LogP contribution in [0, 0.1) is 23.7 Å². The Morgan fingerprint density at radius 1 is 0.945 bits per heavy atom. The van der Waals surface area contributed by atoms with Gasteiger partial charge in [0.15, 0.2) is 36.0 Å². The zero-order valence-corrected chi connectivity index (χ0v) is 30.4. The Labute approximate surface area is 314 Å². The normalized spacial score (nSPS) is 32.8. The van der Waals surface area contributed by atoms with Crippen LogP contribution in [0.1, 0.15) is 58.8 Å². The highest BCUT2D eigenvalue weighted by Gasteiger charge is 2.50. The average Bonchev–Trinajstić information content (AvgIpc) is 3.14. The third-order valence-corrected chi connectivity index (χ3v) is 9.69. The van der Waals surface area contributed by atoms with Crippen molar-refractivity contribution in [3.8, 4) is 5.75 Å². The number of esters is 2. The molecule has 55 heavy (non-hydrogen) atoms. The SMILES string of the molecule is CCOOc1cc(C(=O)OCC2OC(OC)C(NC(C)=O)C(COC3OC(C(=O)O)C(C)C(O)C3O)C2O)cc2c1C(=O)C1C(OC(C)=O)=CC=CC1C2=O. The number of carboxylic acid groups (broad SMARTS) is 1. The summed E-state index contributed by atoms with van der Waals surface area (Å²) >= 11 is 0. The van der Waals surface area contributed by atoms with Crippen LogP contribution in [0.2, 0.25) is 0 Å². The van der Waals surface area contributed by atoms with Crippen LogP contribution in [0.5, 0.6) is 5.75 Å². The third-order valence-electron chi connectivity index (χ3n) is 9.69. The van der Waals surface area contributed by atoms with Gasteiger partial charge in [-0.2, -0.15) is 4.89 Å². The molecule has 2 aliphatic carbocycles. The highest BCUT2D eigenvalue weighted by atomic mass is 17.2. The first-order valence-corrected chi connectivity index (χ1v) is 17.4. The van der Waals surface area contributed by atoms with E-state index < -0.39 is 121 Å². The van der Waals surface area contributed by atoms with Gasteiger partial charge in [0, 0.05) is 38.4 Å². The quantitative estimate of drug-likeness (QED) is 0.0989.